The average Bonchev–Trinajstić information content (AvgIpc) is 2.95. The van der Waals surface area contributed by atoms with E-state index in [4.69, 9.17) is 4.74 Å². The van der Waals surface area contributed by atoms with E-state index in [2.05, 4.69) is 10.3 Å². The van der Waals surface area contributed by atoms with E-state index in [1.807, 2.05) is 31.2 Å². The lowest BCUT2D eigenvalue weighted by Crippen LogP contribution is -2.35. The molecular weight excluding hydrogens is 328 g/mol. The number of thiazole rings is 1. The fraction of sp³-hybridized carbons (Fsp3) is 0.353. The first-order chi connectivity index (χ1) is 11.5. The second-order valence-electron chi connectivity index (χ2n) is 5.88. The van der Waals surface area contributed by atoms with Crippen LogP contribution in [0.3, 0.4) is 0 Å². The molecule has 0 saturated carbocycles. The molecule has 0 radical (unpaired) electrons. The molecule has 0 unspecified atom stereocenters. The highest BCUT2D eigenvalue weighted by Gasteiger charge is 2.35. The molecule has 2 aromatic rings. The molecule has 126 valence electrons. The standard InChI is InChI=1S/C17H18N2O4S/c1-9-3-5-11(16(21)22)12(7-9)15(20)19-17-18-13-6-4-10(23-2)8-14(13)24-17/h3-4,6,8,11-12H,5,7H2,1-2H3,(H,21,22)(H,18,19,20)/t11-,12+/m1/s1. The maximum absolute atomic E-state index is 12.6. The zero-order valence-electron chi connectivity index (χ0n) is 13.4. The van der Waals surface area contributed by atoms with E-state index in [0.29, 0.717) is 18.0 Å². The Kier molecular flexibility index (Phi) is 4.53. The van der Waals surface area contributed by atoms with Crippen molar-refractivity contribution in [1.82, 2.24) is 4.98 Å². The van der Waals surface area contributed by atoms with Crippen molar-refractivity contribution in [2.45, 2.75) is 19.8 Å². The van der Waals surface area contributed by atoms with Crippen molar-refractivity contribution in [2.75, 3.05) is 12.4 Å². The Hall–Kier alpha value is -2.41. The molecule has 1 aromatic heterocycles. The Bertz CT molecular complexity index is 827. The van der Waals surface area contributed by atoms with Gasteiger partial charge < -0.3 is 15.2 Å². The number of hydrogen-bond donors (Lipinski definition) is 2. The lowest BCUT2D eigenvalue weighted by atomic mass is 9.79. The number of amides is 1. The summed E-state index contributed by atoms with van der Waals surface area (Å²) in [6.45, 7) is 1.92. The number of anilines is 1. The van der Waals surface area contributed by atoms with Gasteiger partial charge in [0.05, 0.1) is 29.2 Å². The van der Waals surface area contributed by atoms with E-state index in [-0.39, 0.29) is 5.91 Å². The van der Waals surface area contributed by atoms with E-state index in [9.17, 15) is 14.7 Å². The number of aromatic nitrogens is 1. The van der Waals surface area contributed by atoms with Crippen LogP contribution in [-0.2, 0) is 9.59 Å². The summed E-state index contributed by atoms with van der Waals surface area (Å²) >= 11 is 1.34. The molecule has 7 heteroatoms. The van der Waals surface area contributed by atoms with Gasteiger partial charge in [-0.2, -0.15) is 0 Å². The smallest absolute Gasteiger partial charge is 0.307 e. The van der Waals surface area contributed by atoms with Gasteiger partial charge in [-0.25, -0.2) is 4.98 Å². The number of allylic oxidation sites excluding steroid dienone is 2. The van der Waals surface area contributed by atoms with Gasteiger partial charge in [-0.3, -0.25) is 9.59 Å². The number of hydrogen-bond acceptors (Lipinski definition) is 5. The fourth-order valence-corrected chi connectivity index (χ4v) is 3.79. The number of nitrogens with zero attached hydrogens (tertiary/aromatic N) is 1. The van der Waals surface area contributed by atoms with Gasteiger partial charge in [0.2, 0.25) is 5.91 Å². The number of carbonyl (C=O) groups excluding carboxylic acids is 1. The predicted octanol–water partition coefficient (Wildman–Crippen LogP) is 3.30. The number of carboxylic acid groups (broad SMARTS) is 1. The molecule has 1 heterocycles. The highest BCUT2D eigenvalue weighted by atomic mass is 32.1. The second kappa shape index (κ2) is 6.60. The van der Waals surface area contributed by atoms with Crippen molar-refractivity contribution in [1.29, 1.82) is 0 Å². The van der Waals surface area contributed by atoms with Gasteiger partial charge in [0, 0.05) is 0 Å². The quantitative estimate of drug-likeness (QED) is 0.829. The minimum Gasteiger partial charge on any atom is -0.497 e. The molecule has 0 saturated heterocycles. The second-order valence-corrected chi connectivity index (χ2v) is 6.91. The molecule has 2 atom stereocenters. The molecule has 3 rings (SSSR count). The van der Waals surface area contributed by atoms with Gasteiger partial charge in [-0.05, 0) is 38.0 Å². The summed E-state index contributed by atoms with van der Waals surface area (Å²) < 4.78 is 6.08. The van der Waals surface area contributed by atoms with E-state index < -0.39 is 17.8 Å². The van der Waals surface area contributed by atoms with Gasteiger partial charge in [0.1, 0.15) is 5.75 Å². The van der Waals surface area contributed by atoms with Crippen LogP contribution in [0.2, 0.25) is 0 Å². The summed E-state index contributed by atoms with van der Waals surface area (Å²) in [6, 6.07) is 5.49. The van der Waals surface area contributed by atoms with E-state index >= 15 is 0 Å². The first-order valence-electron chi connectivity index (χ1n) is 7.62. The van der Waals surface area contributed by atoms with Crippen molar-refractivity contribution in [3.8, 4) is 5.75 Å². The summed E-state index contributed by atoms with van der Waals surface area (Å²) in [7, 11) is 1.59. The Morgan fingerprint density at radius 3 is 2.88 bits per heavy atom. The average molecular weight is 346 g/mol. The van der Waals surface area contributed by atoms with Crippen molar-refractivity contribution in [3.05, 3.63) is 29.8 Å². The maximum atomic E-state index is 12.6. The number of methoxy groups -OCH3 is 1. The Labute approximate surface area is 143 Å². The first kappa shape index (κ1) is 16.4. The zero-order valence-corrected chi connectivity index (χ0v) is 14.2. The van der Waals surface area contributed by atoms with Gasteiger partial charge in [-0.15, -0.1) is 0 Å². The van der Waals surface area contributed by atoms with Crippen molar-refractivity contribution in [2.24, 2.45) is 11.8 Å². The third-order valence-corrected chi connectivity index (χ3v) is 5.16. The third-order valence-electron chi connectivity index (χ3n) is 4.23. The van der Waals surface area contributed by atoms with E-state index in [1.165, 1.54) is 11.3 Å². The third kappa shape index (κ3) is 3.26. The molecule has 1 amide bonds. The van der Waals surface area contributed by atoms with Crippen LogP contribution < -0.4 is 10.1 Å². The highest BCUT2D eigenvalue weighted by Crippen LogP contribution is 2.33. The topological polar surface area (TPSA) is 88.5 Å². The number of carbonyl (C=O) groups is 2. The van der Waals surface area contributed by atoms with Crippen LogP contribution >= 0.6 is 11.3 Å². The number of nitrogens with one attached hydrogen (secondary N) is 1. The Balaban J connectivity index is 1.80. The fourth-order valence-electron chi connectivity index (χ4n) is 2.90. The summed E-state index contributed by atoms with van der Waals surface area (Å²) in [4.78, 5) is 28.4. The van der Waals surface area contributed by atoms with Crippen molar-refractivity contribution < 1.29 is 19.4 Å². The Morgan fingerprint density at radius 1 is 1.38 bits per heavy atom. The molecule has 1 aliphatic carbocycles. The molecule has 24 heavy (non-hydrogen) atoms. The van der Waals surface area contributed by atoms with Crippen LogP contribution in [0, 0.1) is 11.8 Å². The lowest BCUT2D eigenvalue weighted by Gasteiger charge is -2.26. The molecule has 1 aromatic carbocycles. The normalized spacial score (nSPS) is 20.5. The number of ether oxygens (including phenoxy) is 1. The summed E-state index contributed by atoms with van der Waals surface area (Å²) in [5.41, 5.74) is 1.81. The van der Waals surface area contributed by atoms with Crippen LogP contribution in [0.15, 0.2) is 29.8 Å². The SMILES string of the molecule is COc1ccc2nc(NC(=O)[C@H]3CC(C)=CC[C@H]3C(=O)O)sc2c1. The predicted molar refractivity (Wildman–Crippen MR) is 92.4 cm³/mol. The molecule has 0 aliphatic heterocycles. The molecular formula is C17H18N2O4S. The van der Waals surface area contributed by atoms with E-state index in [0.717, 1.165) is 21.5 Å². The maximum Gasteiger partial charge on any atom is 0.307 e. The number of carboxylic acids is 1. The summed E-state index contributed by atoms with van der Waals surface area (Å²) in [5.74, 6) is -1.77. The number of benzene rings is 1. The van der Waals surface area contributed by atoms with Crippen LogP contribution in [0.4, 0.5) is 5.13 Å². The number of rotatable bonds is 4. The monoisotopic (exact) mass is 346 g/mol. The van der Waals surface area contributed by atoms with Crippen molar-refractivity contribution >= 4 is 38.6 Å². The zero-order chi connectivity index (χ0) is 17.3. The van der Waals surface area contributed by atoms with E-state index in [1.54, 1.807) is 7.11 Å². The minimum atomic E-state index is -0.937. The Morgan fingerprint density at radius 2 is 2.17 bits per heavy atom. The minimum absolute atomic E-state index is 0.291. The van der Waals surface area contributed by atoms with Crippen LogP contribution in [-0.4, -0.2) is 29.1 Å². The molecule has 1 aliphatic rings. The van der Waals surface area contributed by atoms with Crippen molar-refractivity contribution in [3.63, 3.8) is 0 Å². The summed E-state index contributed by atoms with van der Waals surface area (Å²) in [5, 5.41) is 12.6. The van der Waals surface area contributed by atoms with Gasteiger partial charge in [0.25, 0.3) is 0 Å². The summed E-state index contributed by atoms with van der Waals surface area (Å²) in [6.07, 6.45) is 2.74. The molecule has 0 spiro atoms. The van der Waals surface area contributed by atoms with Gasteiger partial charge in [0.15, 0.2) is 5.13 Å². The van der Waals surface area contributed by atoms with Gasteiger partial charge >= 0.3 is 5.97 Å². The molecule has 0 bridgehead atoms. The number of fused-ring (bicyclic) bond motifs is 1. The van der Waals surface area contributed by atoms with Crippen LogP contribution in [0.5, 0.6) is 5.75 Å². The molecule has 0 fully saturated rings. The van der Waals surface area contributed by atoms with Crippen LogP contribution in [0.1, 0.15) is 19.8 Å². The van der Waals surface area contributed by atoms with Gasteiger partial charge in [-0.1, -0.05) is 23.0 Å². The van der Waals surface area contributed by atoms with Crippen LogP contribution in [0.25, 0.3) is 10.2 Å². The molecule has 2 N–H and O–H groups in total. The largest absolute Gasteiger partial charge is 0.497 e. The lowest BCUT2D eigenvalue weighted by molar-refractivity contribution is -0.146. The number of aliphatic carboxylic acids is 1. The molecule has 6 nitrogen and oxygen atoms in total. The first-order valence-corrected chi connectivity index (χ1v) is 8.43. The highest BCUT2D eigenvalue weighted by molar-refractivity contribution is 7.22.